The zero-order valence-electron chi connectivity index (χ0n) is 7.82. The number of rotatable bonds is 2. The first kappa shape index (κ1) is 8.63. The number of hydrogen-bond donors (Lipinski definition) is 0. The van der Waals surface area contributed by atoms with Gasteiger partial charge < -0.3 is 0 Å². The van der Waals surface area contributed by atoms with E-state index in [0.717, 1.165) is 16.8 Å². The van der Waals surface area contributed by atoms with Crippen molar-refractivity contribution in [2.75, 3.05) is 0 Å². The van der Waals surface area contributed by atoms with Gasteiger partial charge in [0.15, 0.2) is 0 Å². The molecule has 68 valence electrons. The molecule has 1 unspecified atom stereocenters. The molecule has 0 amide bonds. The summed E-state index contributed by atoms with van der Waals surface area (Å²) in [6.07, 6.45) is 4.67. The molecule has 0 N–H and O–H groups in total. The molecule has 0 aliphatic heterocycles. The van der Waals surface area contributed by atoms with Crippen LogP contribution < -0.4 is 0 Å². The maximum Gasteiger partial charge on any atom is 0.142 e. The smallest absolute Gasteiger partial charge is 0.142 e. The van der Waals surface area contributed by atoms with Crippen LogP contribution in [0.3, 0.4) is 0 Å². The molecule has 2 nitrogen and oxygen atoms in total. The van der Waals surface area contributed by atoms with Crippen LogP contribution in [0, 0.1) is 0 Å². The second kappa shape index (κ2) is 3.42. The van der Waals surface area contributed by atoms with Crippen LogP contribution in [0.1, 0.15) is 31.7 Å². The summed E-state index contributed by atoms with van der Waals surface area (Å²) in [6.45, 7) is 4.43. The summed E-state index contributed by atoms with van der Waals surface area (Å²) in [5.74, 6) is 0.588. The van der Waals surface area contributed by atoms with Gasteiger partial charge in [0, 0.05) is 12.4 Å². The van der Waals surface area contributed by atoms with Crippen LogP contribution in [-0.4, -0.2) is 9.97 Å². The topological polar surface area (TPSA) is 25.8 Å². The van der Waals surface area contributed by atoms with Gasteiger partial charge in [-0.15, -0.1) is 11.3 Å². The van der Waals surface area contributed by atoms with E-state index in [9.17, 15) is 0 Å². The van der Waals surface area contributed by atoms with Crippen molar-refractivity contribution in [3.05, 3.63) is 23.3 Å². The monoisotopic (exact) mass is 192 g/mol. The van der Waals surface area contributed by atoms with Gasteiger partial charge in [-0.05, 0) is 23.3 Å². The summed E-state index contributed by atoms with van der Waals surface area (Å²) < 4.78 is 0. The fourth-order valence-electron chi connectivity index (χ4n) is 1.35. The zero-order valence-corrected chi connectivity index (χ0v) is 8.64. The minimum absolute atomic E-state index is 0.588. The third kappa shape index (κ3) is 1.44. The van der Waals surface area contributed by atoms with Crippen molar-refractivity contribution >= 4 is 21.7 Å². The molecular formula is C10H12N2S. The van der Waals surface area contributed by atoms with E-state index in [1.807, 2.05) is 0 Å². The molecule has 0 fully saturated rings. The van der Waals surface area contributed by atoms with Crippen molar-refractivity contribution in [3.8, 4) is 0 Å². The largest absolute Gasteiger partial charge is 0.252 e. The second-order valence-electron chi connectivity index (χ2n) is 3.21. The third-order valence-electron chi connectivity index (χ3n) is 2.38. The molecule has 2 heterocycles. The molecule has 1 atom stereocenters. The summed E-state index contributed by atoms with van der Waals surface area (Å²) in [6, 6.07) is 0. The van der Waals surface area contributed by atoms with Crippen molar-refractivity contribution in [1.82, 2.24) is 9.97 Å². The number of fused-ring (bicyclic) bond motifs is 1. The predicted octanol–water partition coefficient (Wildman–Crippen LogP) is 3.20. The Bertz CT molecular complexity index is 408. The standard InChI is InChI=1S/C10H12N2S/c1-3-7(2)8-6-13-10-9(8)11-4-5-12-10/h4-7H,3H2,1-2H3. The molecule has 0 saturated heterocycles. The normalized spacial score (nSPS) is 13.4. The van der Waals surface area contributed by atoms with Crippen molar-refractivity contribution < 1.29 is 0 Å². The molecule has 0 aliphatic carbocycles. The lowest BCUT2D eigenvalue weighted by Crippen LogP contribution is -1.90. The molecule has 0 aliphatic rings. The van der Waals surface area contributed by atoms with Crippen LogP contribution >= 0.6 is 11.3 Å². The van der Waals surface area contributed by atoms with Gasteiger partial charge in [0.05, 0.1) is 0 Å². The van der Waals surface area contributed by atoms with E-state index >= 15 is 0 Å². The van der Waals surface area contributed by atoms with E-state index in [0.29, 0.717) is 5.92 Å². The van der Waals surface area contributed by atoms with Crippen LogP contribution in [0.4, 0.5) is 0 Å². The van der Waals surface area contributed by atoms with Gasteiger partial charge in [0.1, 0.15) is 10.3 Å². The number of thiophene rings is 1. The van der Waals surface area contributed by atoms with E-state index in [1.165, 1.54) is 5.56 Å². The van der Waals surface area contributed by atoms with E-state index < -0.39 is 0 Å². The van der Waals surface area contributed by atoms with Crippen molar-refractivity contribution in [1.29, 1.82) is 0 Å². The average molecular weight is 192 g/mol. The molecular weight excluding hydrogens is 180 g/mol. The molecule has 13 heavy (non-hydrogen) atoms. The van der Waals surface area contributed by atoms with E-state index in [1.54, 1.807) is 23.7 Å². The predicted molar refractivity (Wildman–Crippen MR) is 56.1 cm³/mol. The quantitative estimate of drug-likeness (QED) is 0.730. The molecule has 2 aromatic rings. The lowest BCUT2D eigenvalue weighted by atomic mass is 10.0. The average Bonchev–Trinajstić information content (AvgIpc) is 2.60. The summed E-state index contributed by atoms with van der Waals surface area (Å²) in [7, 11) is 0. The summed E-state index contributed by atoms with van der Waals surface area (Å²) in [5.41, 5.74) is 2.43. The Morgan fingerprint density at radius 2 is 2.15 bits per heavy atom. The maximum absolute atomic E-state index is 4.36. The first-order valence-electron chi connectivity index (χ1n) is 4.51. The number of aromatic nitrogens is 2. The molecule has 2 aromatic heterocycles. The Hall–Kier alpha value is -0.960. The van der Waals surface area contributed by atoms with Gasteiger partial charge >= 0.3 is 0 Å². The zero-order chi connectivity index (χ0) is 9.26. The molecule has 0 bridgehead atoms. The number of hydrogen-bond acceptors (Lipinski definition) is 3. The Balaban J connectivity index is 2.57. The van der Waals surface area contributed by atoms with Gasteiger partial charge in [-0.3, -0.25) is 4.98 Å². The first-order valence-corrected chi connectivity index (χ1v) is 5.39. The molecule has 0 spiro atoms. The highest BCUT2D eigenvalue weighted by Gasteiger charge is 2.10. The summed E-state index contributed by atoms with van der Waals surface area (Å²) in [5, 5.41) is 2.18. The molecule has 0 saturated carbocycles. The fraction of sp³-hybridized carbons (Fsp3) is 0.400. The lowest BCUT2D eigenvalue weighted by Gasteiger charge is -2.04. The minimum atomic E-state index is 0.588. The minimum Gasteiger partial charge on any atom is -0.252 e. The van der Waals surface area contributed by atoms with Crippen molar-refractivity contribution in [3.63, 3.8) is 0 Å². The third-order valence-corrected chi connectivity index (χ3v) is 3.27. The van der Waals surface area contributed by atoms with Gasteiger partial charge in [-0.1, -0.05) is 13.8 Å². The van der Waals surface area contributed by atoms with Crippen molar-refractivity contribution in [2.24, 2.45) is 0 Å². The molecule has 2 rings (SSSR count). The molecule has 0 aromatic carbocycles. The van der Waals surface area contributed by atoms with Gasteiger partial charge in [-0.2, -0.15) is 0 Å². The van der Waals surface area contributed by atoms with Gasteiger partial charge in [-0.25, -0.2) is 4.98 Å². The van der Waals surface area contributed by atoms with Crippen LogP contribution in [-0.2, 0) is 0 Å². The van der Waals surface area contributed by atoms with Crippen LogP contribution in [0.15, 0.2) is 17.8 Å². The van der Waals surface area contributed by atoms with Crippen LogP contribution in [0.25, 0.3) is 10.3 Å². The van der Waals surface area contributed by atoms with E-state index in [-0.39, 0.29) is 0 Å². The highest BCUT2D eigenvalue weighted by atomic mass is 32.1. The highest BCUT2D eigenvalue weighted by molar-refractivity contribution is 7.16. The Labute approximate surface area is 81.7 Å². The Kier molecular flexibility index (Phi) is 2.27. The second-order valence-corrected chi connectivity index (χ2v) is 4.07. The maximum atomic E-state index is 4.36. The summed E-state index contributed by atoms with van der Waals surface area (Å²) >= 11 is 1.68. The lowest BCUT2D eigenvalue weighted by molar-refractivity contribution is 0.740. The SMILES string of the molecule is CCC(C)c1csc2nccnc12. The Morgan fingerprint density at radius 1 is 1.38 bits per heavy atom. The van der Waals surface area contributed by atoms with Crippen LogP contribution in [0.2, 0.25) is 0 Å². The van der Waals surface area contributed by atoms with Gasteiger partial charge in [0.25, 0.3) is 0 Å². The van der Waals surface area contributed by atoms with Crippen molar-refractivity contribution in [2.45, 2.75) is 26.2 Å². The molecule has 3 heteroatoms. The van der Waals surface area contributed by atoms with Crippen LogP contribution in [0.5, 0.6) is 0 Å². The first-order chi connectivity index (χ1) is 6.33. The van der Waals surface area contributed by atoms with E-state index in [4.69, 9.17) is 0 Å². The highest BCUT2D eigenvalue weighted by Crippen LogP contribution is 2.29. The Morgan fingerprint density at radius 3 is 2.92 bits per heavy atom. The number of nitrogens with zero attached hydrogens (tertiary/aromatic N) is 2. The van der Waals surface area contributed by atoms with E-state index in [2.05, 4.69) is 29.2 Å². The van der Waals surface area contributed by atoms with Gasteiger partial charge in [0.2, 0.25) is 0 Å². The fourth-order valence-corrected chi connectivity index (χ4v) is 2.34. The summed E-state index contributed by atoms with van der Waals surface area (Å²) in [4.78, 5) is 9.69. The molecule has 0 radical (unpaired) electrons.